The average molecular weight is 416 g/mol. The molecule has 108 valence electrons. The summed E-state index contributed by atoms with van der Waals surface area (Å²) in [6.07, 6.45) is 0. The van der Waals surface area contributed by atoms with E-state index in [9.17, 15) is 9.59 Å². The maximum atomic E-state index is 11.9. The molecule has 0 saturated carbocycles. The minimum Gasteiger partial charge on any atom is -0.307 e. The van der Waals surface area contributed by atoms with Crippen LogP contribution in [0.15, 0.2) is 48.5 Å². The second-order valence-corrected chi connectivity index (χ2v) is 5.62. The molecule has 0 heterocycles. The van der Waals surface area contributed by atoms with Crippen molar-refractivity contribution in [2.45, 2.75) is 0 Å². The van der Waals surface area contributed by atoms with Crippen LogP contribution in [0.25, 0.3) is 0 Å². The number of carbonyl (C=O) groups excluding carboxylic acids is 2. The number of hydrazine groups is 1. The number of hydrogen-bond acceptors (Lipinski definition) is 2. The molecule has 3 N–H and O–H groups in total. The fraction of sp³-hybridized carbons (Fsp3) is 0. The van der Waals surface area contributed by atoms with Gasteiger partial charge in [0.25, 0.3) is 5.91 Å². The van der Waals surface area contributed by atoms with E-state index in [0.717, 1.165) is 3.57 Å². The summed E-state index contributed by atoms with van der Waals surface area (Å²) in [5.74, 6) is -0.388. The van der Waals surface area contributed by atoms with Crippen molar-refractivity contribution in [2.24, 2.45) is 0 Å². The second-order valence-electron chi connectivity index (χ2n) is 4.02. The number of urea groups is 1. The maximum Gasteiger partial charge on any atom is 0.337 e. The van der Waals surface area contributed by atoms with Crippen LogP contribution in [-0.4, -0.2) is 11.9 Å². The van der Waals surface area contributed by atoms with E-state index in [-0.39, 0.29) is 5.91 Å². The molecular weight excluding hydrogens is 405 g/mol. The van der Waals surface area contributed by atoms with Crippen LogP contribution in [0.4, 0.5) is 10.5 Å². The van der Waals surface area contributed by atoms with E-state index in [0.29, 0.717) is 16.3 Å². The minimum atomic E-state index is -0.559. The Kier molecular flexibility index (Phi) is 5.40. The molecule has 0 spiro atoms. The Hall–Kier alpha value is -1.80. The van der Waals surface area contributed by atoms with Crippen molar-refractivity contribution in [3.8, 4) is 0 Å². The molecule has 0 aliphatic heterocycles. The normalized spacial score (nSPS) is 9.81. The van der Waals surface area contributed by atoms with Crippen LogP contribution in [-0.2, 0) is 0 Å². The SMILES string of the molecule is O=C(NNC(=O)c1ccccc1I)Nc1cccc(Cl)c1. The third kappa shape index (κ3) is 4.61. The van der Waals surface area contributed by atoms with Crippen LogP contribution in [0.5, 0.6) is 0 Å². The Morgan fingerprint density at radius 3 is 2.48 bits per heavy atom. The van der Waals surface area contributed by atoms with Gasteiger partial charge in [0.2, 0.25) is 0 Å². The Morgan fingerprint density at radius 1 is 1.00 bits per heavy atom. The summed E-state index contributed by atoms with van der Waals surface area (Å²) in [7, 11) is 0. The quantitative estimate of drug-likeness (QED) is 0.520. The average Bonchev–Trinajstić information content (AvgIpc) is 2.45. The van der Waals surface area contributed by atoms with Gasteiger partial charge in [-0.05, 0) is 52.9 Å². The number of hydrogen-bond donors (Lipinski definition) is 3. The van der Waals surface area contributed by atoms with Gasteiger partial charge in [0, 0.05) is 14.3 Å². The van der Waals surface area contributed by atoms with Crippen molar-refractivity contribution in [3.63, 3.8) is 0 Å². The van der Waals surface area contributed by atoms with E-state index in [1.165, 1.54) is 0 Å². The Morgan fingerprint density at radius 2 is 1.76 bits per heavy atom. The highest BCUT2D eigenvalue weighted by molar-refractivity contribution is 14.1. The molecular formula is C14H11ClIN3O2. The van der Waals surface area contributed by atoms with Crippen molar-refractivity contribution in [1.29, 1.82) is 0 Å². The summed E-state index contributed by atoms with van der Waals surface area (Å²) < 4.78 is 0.796. The molecule has 3 amide bonds. The number of nitrogens with one attached hydrogen (secondary N) is 3. The van der Waals surface area contributed by atoms with Crippen LogP contribution < -0.4 is 16.2 Å². The number of anilines is 1. The zero-order chi connectivity index (χ0) is 15.2. The fourth-order valence-corrected chi connectivity index (χ4v) is 2.38. The van der Waals surface area contributed by atoms with Gasteiger partial charge in [-0.3, -0.25) is 10.2 Å². The Balaban J connectivity index is 1.90. The van der Waals surface area contributed by atoms with Crippen LogP contribution in [0, 0.1) is 3.57 Å². The first-order valence-corrected chi connectivity index (χ1v) is 7.39. The predicted octanol–water partition coefficient (Wildman–Crippen LogP) is 3.41. The molecule has 7 heteroatoms. The molecule has 2 aromatic carbocycles. The van der Waals surface area contributed by atoms with Gasteiger partial charge in [-0.1, -0.05) is 29.8 Å². The molecule has 21 heavy (non-hydrogen) atoms. The molecule has 0 saturated heterocycles. The highest BCUT2D eigenvalue weighted by atomic mass is 127. The second kappa shape index (κ2) is 7.28. The van der Waals surface area contributed by atoms with E-state index in [1.807, 2.05) is 12.1 Å². The van der Waals surface area contributed by atoms with Gasteiger partial charge in [0.1, 0.15) is 0 Å². The molecule has 0 aliphatic rings. The largest absolute Gasteiger partial charge is 0.337 e. The van der Waals surface area contributed by atoms with Gasteiger partial charge < -0.3 is 5.32 Å². The molecule has 5 nitrogen and oxygen atoms in total. The van der Waals surface area contributed by atoms with Crippen molar-refractivity contribution < 1.29 is 9.59 Å². The van der Waals surface area contributed by atoms with Gasteiger partial charge in [0.05, 0.1) is 5.56 Å². The van der Waals surface area contributed by atoms with Crippen LogP contribution >= 0.6 is 34.2 Å². The predicted molar refractivity (Wildman–Crippen MR) is 90.2 cm³/mol. The molecule has 0 unspecified atom stereocenters. The molecule has 0 bridgehead atoms. The lowest BCUT2D eigenvalue weighted by Crippen LogP contribution is -2.44. The lowest BCUT2D eigenvalue weighted by Gasteiger charge is -2.10. The molecule has 0 aliphatic carbocycles. The number of carbonyl (C=O) groups is 2. The zero-order valence-electron chi connectivity index (χ0n) is 10.7. The van der Waals surface area contributed by atoms with Crippen LogP contribution in [0.3, 0.4) is 0 Å². The monoisotopic (exact) mass is 415 g/mol. The van der Waals surface area contributed by atoms with E-state index >= 15 is 0 Å². The van der Waals surface area contributed by atoms with Gasteiger partial charge in [-0.2, -0.15) is 0 Å². The van der Waals surface area contributed by atoms with E-state index in [4.69, 9.17) is 11.6 Å². The summed E-state index contributed by atoms with van der Waals surface area (Å²) in [6.45, 7) is 0. The smallest absolute Gasteiger partial charge is 0.307 e. The lowest BCUT2D eigenvalue weighted by atomic mass is 10.2. The van der Waals surface area contributed by atoms with E-state index in [1.54, 1.807) is 36.4 Å². The molecule has 2 aromatic rings. The van der Waals surface area contributed by atoms with Crippen molar-refractivity contribution in [3.05, 3.63) is 62.7 Å². The maximum absolute atomic E-state index is 11.9. The number of amides is 3. The van der Waals surface area contributed by atoms with Crippen molar-refractivity contribution in [1.82, 2.24) is 10.9 Å². The van der Waals surface area contributed by atoms with Crippen LogP contribution in [0.2, 0.25) is 5.02 Å². The van der Waals surface area contributed by atoms with Crippen molar-refractivity contribution in [2.75, 3.05) is 5.32 Å². The van der Waals surface area contributed by atoms with E-state index < -0.39 is 6.03 Å². The molecule has 2 rings (SSSR count). The summed E-state index contributed by atoms with van der Waals surface area (Å²) >= 11 is 7.86. The number of rotatable bonds is 2. The fourth-order valence-electron chi connectivity index (χ4n) is 1.55. The van der Waals surface area contributed by atoms with Crippen LogP contribution in [0.1, 0.15) is 10.4 Å². The summed E-state index contributed by atoms with van der Waals surface area (Å²) in [5.41, 5.74) is 5.63. The van der Waals surface area contributed by atoms with Gasteiger partial charge in [0.15, 0.2) is 0 Å². The highest BCUT2D eigenvalue weighted by Gasteiger charge is 2.10. The molecule has 0 fully saturated rings. The first-order valence-electron chi connectivity index (χ1n) is 5.93. The first-order chi connectivity index (χ1) is 10.1. The molecule has 0 aromatic heterocycles. The minimum absolute atomic E-state index is 0.388. The summed E-state index contributed by atoms with van der Waals surface area (Å²) in [4.78, 5) is 23.6. The standard InChI is InChI=1S/C14H11ClIN3O2/c15-9-4-3-5-10(8-9)17-14(21)19-18-13(20)11-6-1-2-7-12(11)16/h1-8H,(H,18,20)(H2,17,19,21). The third-order valence-corrected chi connectivity index (χ3v) is 3.67. The Labute approximate surface area is 140 Å². The zero-order valence-corrected chi connectivity index (χ0v) is 13.6. The Bertz CT molecular complexity index is 679. The third-order valence-electron chi connectivity index (χ3n) is 2.49. The van der Waals surface area contributed by atoms with Gasteiger partial charge >= 0.3 is 6.03 Å². The molecule has 0 radical (unpaired) electrons. The topological polar surface area (TPSA) is 70.2 Å². The summed E-state index contributed by atoms with van der Waals surface area (Å²) in [6, 6.07) is 13.2. The van der Waals surface area contributed by atoms with Gasteiger partial charge in [-0.15, -0.1) is 0 Å². The van der Waals surface area contributed by atoms with E-state index in [2.05, 4.69) is 38.8 Å². The summed E-state index contributed by atoms with van der Waals surface area (Å²) in [5, 5.41) is 3.06. The molecule has 0 atom stereocenters. The first kappa shape index (κ1) is 15.6. The van der Waals surface area contributed by atoms with Crippen molar-refractivity contribution >= 4 is 51.8 Å². The number of halogens is 2. The van der Waals surface area contributed by atoms with Gasteiger partial charge in [-0.25, -0.2) is 10.2 Å². The lowest BCUT2D eigenvalue weighted by molar-refractivity contribution is 0.0937. The highest BCUT2D eigenvalue weighted by Crippen LogP contribution is 2.14. The number of benzene rings is 2.